The topological polar surface area (TPSA) is 34.1 Å². The van der Waals surface area contributed by atoms with Gasteiger partial charge in [0.15, 0.2) is 0 Å². The number of rotatable bonds is 7. The normalized spacial score (nSPS) is 11.9. The van der Waals surface area contributed by atoms with Crippen LogP contribution in [0.1, 0.15) is 32.8 Å². The molecule has 0 saturated carbocycles. The van der Waals surface area contributed by atoms with Crippen molar-refractivity contribution in [2.45, 2.75) is 27.2 Å². The first-order chi connectivity index (χ1) is 8.65. The molecule has 0 amide bonds. The lowest BCUT2D eigenvalue weighted by atomic mass is 10.1. The summed E-state index contributed by atoms with van der Waals surface area (Å²) in [6.45, 7) is 8.62. The lowest BCUT2D eigenvalue weighted by Gasteiger charge is -2.09. The second-order valence-corrected chi connectivity index (χ2v) is 4.81. The molecule has 1 heterocycles. The molecule has 0 saturated heterocycles. The number of ether oxygens (including phenoxy) is 1. The molecular weight excluding hydrogens is 224 g/mol. The van der Waals surface area contributed by atoms with E-state index in [0.717, 1.165) is 25.1 Å². The molecule has 0 fully saturated rings. The summed E-state index contributed by atoms with van der Waals surface area (Å²) in [5.41, 5.74) is 2.52. The Bertz CT molecular complexity index is 369. The van der Waals surface area contributed by atoms with Crippen molar-refractivity contribution < 1.29 is 4.74 Å². The van der Waals surface area contributed by atoms with Crippen LogP contribution in [0.15, 0.2) is 23.9 Å². The van der Waals surface area contributed by atoms with E-state index < -0.39 is 0 Å². The van der Waals surface area contributed by atoms with Crippen LogP contribution in [-0.4, -0.2) is 25.2 Å². The number of aromatic nitrogens is 1. The highest BCUT2D eigenvalue weighted by Crippen LogP contribution is 2.11. The van der Waals surface area contributed by atoms with Crippen molar-refractivity contribution in [3.8, 4) is 5.88 Å². The molecule has 3 nitrogen and oxygen atoms in total. The lowest BCUT2D eigenvalue weighted by molar-refractivity contribution is 0.398. The first-order valence-electron chi connectivity index (χ1n) is 6.56. The number of pyridine rings is 1. The van der Waals surface area contributed by atoms with Crippen molar-refractivity contribution >= 4 is 6.08 Å². The van der Waals surface area contributed by atoms with E-state index in [2.05, 4.69) is 37.1 Å². The van der Waals surface area contributed by atoms with E-state index >= 15 is 0 Å². The molecule has 0 spiro atoms. The van der Waals surface area contributed by atoms with Gasteiger partial charge in [0.25, 0.3) is 0 Å². The van der Waals surface area contributed by atoms with Gasteiger partial charge in [0.1, 0.15) is 0 Å². The molecule has 0 aliphatic heterocycles. The minimum atomic E-state index is 0.656. The third-order valence-corrected chi connectivity index (χ3v) is 2.70. The maximum atomic E-state index is 5.05. The van der Waals surface area contributed by atoms with Crippen LogP contribution in [0.2, 0.25) is 0 Å². The molecule has 0 aliphatic rings. The van der Waals surface area contributed by atoms with Crippen LogP contribution in [0.3, 0.4) is 0 Å². The maximum absolute atomic E-state index is 5.05. The fourth-order valence-corrected chi connectivity index (χ4v) is 1.63. The van der Waals surface area contributed by atoms with Gasteiger partial charge in [-0.1, -0.05) is 32.4 Å². The van der Waals surface area contributed by atoms with Crippen LogP contribution in [0.5, 0.6) is 5.88 Å². The van der Waals surface area contributed by atoms with Crippen molar-refractivity contribution in [2.75, 3.05) is 20.2 Å². The van der Waals surface area contributed by atoms with Crippen LogP contribution >= 0.6 is 0 Å². The van der Waals surface area contributed by atoms with E-state index in [0.29, 0.717) is 11.8 Å². The van der Waals surface area contributed by atoms with Crippen LogP contribution in [0.25, 0.3) is 6.08 Å². The summed E-state index contributed by atoms with van der Waals surface area (Å²) in [6, 6.07) is 3.92. The molecule has 1 aromatic rings. The second-order valence-electron chi connectivity index (χ2n) is 4.81. The first-order valence-corrected chi connectivity index (χ1v) is 6.56. The number of nitrogens with one attached hydrogen (secondary N) is 1. The number of hydrogen-bond acceptors (Lipinski definition) is 3. The van der Waals surface area contributed by atoms with E-state index in [9.17, 15) is 0 Å². The van der Waals surface area contributed by atoms with Gasteiger partial charge >= 0.3 is 0 Å². The molecule has 0 unspecified atom stereocenters. The predicted octanol–water partition coefficient (Wildman–Crippen LogP) is 3.13. The Kier molecular flexibility index (Phi) is 6.44. The van der Waals surface area contributed by atoms with Crippen molar-refractivity contribution in [3.05, 3.63) is 29.5 Å². The van der Waals surface area contributed by atoms with Crippen molar-refractivity contribution in [1.29, 1.82) is 0 Å². The molecule has 0 aromatic carbocycles. The zero-order chi connectivity index (χ0) is 13.4. The Morgan fingerprint density at radius 2 is 2.22 bits per heavy atom. The number of nitrogens with zero attached hydrogens (tertiary/aromatic N) is 1. The molecule has 1 rings (SSSR count). The molecule has 100 valence electrons. The third-order valence-electron chi connectivity index (χ3n) is 2.70. The van der Waals surface area contributed by atoms with Gasteiger partial charge in [-0.25, -0.2) is 4.98 Å². The fraction of sp³-hybridized carbons (Fsp3) is 0.533. The minimum Gasteiger partial charge on any atom is -0.481 e. The minimum absolute atomic E-state index is 0.656. The van der Waals surface area contributed by atoms with Gasteiger partial charge in [-0.05, 0) is 30.5 Å². The quantitative estimate of drug-likeness (QED) is 0.805. The number of hydrogen-bond donors (Lipinski definition) is 1. The zero-order valence-corrected chi connectivity index (χ0v) is 11.9. The predicted molar refractivity (Wildman–Crippen MR) is 76.8 cm³/mol. The van der Waals surface area contributed by atoms with E-state index in [4.69, 9.17) is 4.74 Å². The van der Waals surface area contributed by atoms with Crippen LogP contribution < -0.4 is 10.1 Å². The molecule has 3 heteroatoms. The summed E-state index contributed by atoms with van der Waals surface area (Å²) in [5, 5.41) is 3.47. The van der Waals surface area contributed by atoms with Gasteiger partial charge in [0.2, 0.25) is 5.88 Å². The maximum Gasteiger partial charge on any atom is 0.212 e. The Labute approximate surface area is 110 Å². The van der Waals surface area contributed by atoms with E-state index in [1.807, 2.05) is 18.3 Å². The molecule has 0 atom stereocenters. The monoisotopic (exact) mass is 248 g/mol. The van der Waals surface area contributed by atoms with Crippen LogP contribution in [0, 0.1) is 5.92 Å². The summed E-state index contributed by atoms with van der Waals surface area (Å²) < 4.78 is 5.05. The highest BCUT2D eigenvalue weighted by molar-refractivity contribution is 5.52. The smallest absolute Gasteiger partial charge is 0.212 e. The fourth-order valence-electron chi connectivity index (χ4n) is 1.63. The molecule has 0 bridgehead atoms. The summed E-state index contributed by atoms with van der Waals surface area (Å²) in [5.74, 6) is 1.34. The highest BCUT2D eigenvalue weighted by Gasteiger charge is 1.98. The summed E-state index contributed by atoms with van der Waals surface area (Å²) in [4.78, 5) is 4.21. The average Bonchev–Trinajstić information content (AvgIpc) is 2.38. The summed E-state index contributed by atoms with van der Waals surface area (Å²) in [7, 11) is 1.63. The summed E-state index contributed by atoms with van der Waals surface area (Å²) in [6.07, 6.45) is 5.09. The zero-order valence-electron chi connectivity index (χ0n) is 11.9. The molecule has 0 aliphatic carbocycles. The standard InChI is InChI=1S/C15H24N2O/c1-5-13(10-16-9-12(2)3)8-14-6-7-15(18-4)17-11-14/h6-8,11-12,16H,5,9-10H2,1-4H3/b13-8-. The van der Waals surface area contributed by atoms with Crippen molar-refractivity contribution in [3.63, 3.8) is 0 Å². The molecular formula is C15H24N2O. The lowest BCUT2D eigenvalue weighted by Crippen LogP contribution is -2.21. The van der Waals surface area contributed by atoms with Gasteiger partial charge < -0.3 is 10.1 Å². The molecule has 1 N–H and O–H groups in total. The highest BCUT2D eigenvalue weighted by atomic mass is 16.5. The first kappa shape index (κ1) is 14.7. The van der Waals surface area contributed by atoms with Gasteiger partial charge in [-0.15, -0.1) is 0 Å². The summed E-state index contributed by atoms with van der Waals surface area (Å²) >= 11 is 0. The number of methoxy groups -OCH3 is 1. The Balaban J connectivity index is 2.59. The van der Waals surface area contributed by atoms with Crippen LogP contribution in [-0.2, 0) is 0 Å². The van der Waals surface area contributed by atoms with Gasteiger partial charge in [0.05, 0.1) is 7.11 Å². The molecule has 18 heavy (non-hydrogen) atoms. The Morgan fingerprint density at radius 3 is 2.72 bits per heavy atom. The van der Waals surface area contributed by atoms with Gasteiger partial charge in [-0.3, -0.25) is 0 Å². The van der Waals surface area contributed by atoms with E-state index in [1.54, 1.807) is 7.11 Å². The van der Waals surface area contributed by atoms with Gasteiger partial charge in [0, 0.05) is 18.8 Å². The van der Waals surface area contributed by atoms with Gasteiger partial charge in [-0.2, -0.15) is 0 Å². The average molecular weight is 248 g/mol. The van der Waals surface area contributed by atoms with E-state index in [1.165, 1.54) is 5.57 Å². The Hall–Kier alpha value is -1.35. The largest absolute Gasteiger partial charge is 0.481 e. The Morgan fingerprint density at radius 1 is 1.44 bits per heavy atom. The molecule has 0 radical (unpaired) electrons. The van der Waals surface area contributed by atoms with Crippen molar-refractivity contribution in [2.24, 2.45) is 5.92 Å². The second kappa shape index (κ2) is 7.88. The third kappa shape index (κ3) is 5.32. The van der Waals surface area contributed by atoms with Crippen LogP contribution in [0.4, 0.5) is 0 Å². The molecule has 1 aromatic heterocycles. The van der Waals surface area contributed by atoms with Crippen molar-refractivity contribution in [1.82, 2.24) is 10.3 Å². The van der Waals surface area contributed by atoms with E-state index in [-0.39, 0.29) is 0 Å². The SMILES string of the molecule is CC/C(=C/c1ccc(OC)nc1)CNCC(C)C.